The summed E-state index contributed by atoms with van der Waals surface area (Å²) in [7, 11) is 1.89. The van der Waals surface area contributed by atoms with Crippen LogP contribution in [0.4, 0.5) is 0 Å². The summed E-state index contributed by atoms with van der Waals surface area (Å²) in [6, 6.07) is 10.2. The van der Waals surface area contributed by atoms with E-state index in [9.17, 15) is 0 Å². The van der Waals surface area contributed by atoms with Gasteiger partial charge in [-0.2, -0.15) is 0 Å². The van der Waals surface area contributed by atoms with Crippen LogP contribution in [0.25, 0.3) is 0 Å². The molecule has 2 heterocycles. The van der Waals surface area contributed by atoms with Crippen molar-refractivity contribution >= 4 is 5.96 Å². The van der Waals surface area contributed by atoms with Crippen molar-refractivity contribution in [1.82, 2.24) is 20.0 Å². The van der Waals surface area contributed by atoms with Crippen LogP contribution in [-0.2, 0) is 0 Å². The van der Waals surface area contributed by atoms with Crippen LogP contribution < -0.4 is 10.1 Å². The second-order valence-corrected chi connectivity index (χ2v) is 8.39. The van der Waals surface area contributed by atoms with Gasteiger partial charge in [0.05, 0.1) is 0 Å². The van der Waals surface area contributed by atoms with E-state index in [4.69, 9.17) is 4.74 Å². The van der Waals surface area contributed by atoms with Gasteiger partial charge in [0.25, 0.3) is 0 Å². The fourth-order valence-electron chi connectivity index (χ4n) is 4.27. The molecule has 0 aliphatic carbocycles. The van der Waals surface area contributed by atoms with Crippen molar-refractivity contribution in [1.29, 1.82) is 0 Å². The number of ether oxygens (including phenoxy) is 1. The Labute approximate surface area is 176 Å². The molecule has 2 fully saturated rings. The summed E-state index contributed by atoms with van der Waals surface area (Å²) in [5.41, 5.74) is 0. The number of hydrogen-bond acceptors (Lipinski definition) is 4. The second kappa shape index (κ2) is 11.4. The summed E-state index contributed by atoms with van der Waals surface area (Å²) in [5, 5.41) is 3.61. The van der Waals surface area contributed by atoms with Crippen molar-refractivity contribution < 1.29 is 4.74 Å². The van der Waals surface area contributed by atoms with Gasteiger partial charge in [0, 0.05) is 72.2 Å². The molecule has 1 aromatic rings. The minimum absolute atomic E-state index is 0.299. The third kappa shape index (κ3) is 6.89. The quantitative estimate of drug-likeness (QED) is 0.561. The average Bonchev–Trinajstić information content (AvgIpc) is 2.76. The molecule has 1 atom stereocenters. The van der Waals surface area contributed by atoms with Gasteiger partial charge in [0.2, 0.25) is 0 Å². The summed E-state index contributed by atoms with van der Waals surface area (Å²) >= 11 is 0. The van der Waals surface area contributed by atoms with E-state index in [0.717, 1.165) is 50.7 Å². The van der Waals surface area contributed by atoms with Crippen LogP contribution >= 0.6 is 0 Å². The topological polar surface area (TPSA) is 43.3 Å². The molecule has 29 heavy (non-hydrogen) atoms. The highest BCUT2D eigenvalue weighted by atomic mass is 16.5. The van der Waals surface area contributed by atoms with Gasteiger partial charge in [-0.15, -0.1) is 0 Å². The van der Waals surface area contributed by atoms with Crippen LogP contribution in [-0.4, -0.2) is 92.7 Å². The van der Waals surface area contributed by atoms with Crippen LogP contribution in [0.5, 0.6) is 5.75 Å². The number of piperidine rings is 1. The van der Waals surface area contributed by atoms with E-state index in [1.165, 1.54) is 32.7 Å². The number of nitrogens with one attached hydrogen (secondary N) is 1. The third-order valence-corrected chi connectivity index (χ3v) is 6.09. The monoisotopic (exact) mass is 401 g/mol. The molecule has 1 N–H and O–H groups in total. The number of piperazine rings is 1. The third-order valence-electron chi connectivity index (χ3n) is 6.09. The molecule has 0 amide bonds. The number of hydrogen-bond donors (Lipinski definition) is 1. The minimum atomic E-state index is 0.299. The molecule has 2 aliphatic rings. The number of nitrogens with zero attached hydrogens (tertiary/aromatic N) is 4. The predicted molar refractivity (Wildman–Crippen MR) is 121 cm³/mol. The van der Waals surface area contributed by atoms with E-state index >= 15 is 0 Å². The molecular formula is C23H39N5O. The molecule has 162 valence electrons. The van der Waals surface area contributed by atoms with Crippen molar-refractivity contribution in [3.8, 4) is 5.75 Å². The van der Waals surface area contributed by atoms with Crippen LogP contribution in [0.1, 0.15) is 26.7 Å². The maximum Gasteiger partial charge on any atom is 0.193 e. The Hall–Kier alpha value is -1.79. The Balaban J connectivity index is 1.36. The fourth-order valence-corrected chi connectivity index (χ4v) is 4.27. The molecule has 6 nitrogen and oxygen atoms in total. The Morgan fingerprint density at radius 3 is 2.34 bits per heavy atom. The lowest BCUT2D eigenvalue weighted by atomic mass is 10.1. The smallest absolute Gasteiger partial charge is 0.193 e. The zero-order valence-corrected chi connectivity index (χ0v) is 18.5. The van der Waals surface area contributed by atoms with Gasteiger partial charge in [-0.05, 0) is 24.6 Å². The first-order chi connectivity index (χ1) is 14.2. The lowest BCUT2D eigenvalue weighted by Gasteiger charge is -2.36. The SMILES string of the molecule is CCN1CCN(CC(C)CNC(=NC)N2CCC(Oc3ccccc3)CC2)CC1. The normalized spacial score (nSPS) is 21.2. The van der Waals surface area contributed by atoms with E-state index in [1.807, 2.05) is 37.4 Å². The van der Waals surface area contributed by atoms with Crippen molar-refractivity contribution in [2.45, 2.75) is 32.8 Å². The van der Waals surface area contributed by atoms with Crippen molar-refractivity contribution in [2.75, 3.05) is 66.0 Å². The molecule has 3 rings (SSSR count). The van der Waals surface area contributed by atoms with Gasteiger partial charge in [-0.25, -0.2) is 0 Å². The number of rotatable bonds is 7. The summed E-state index contributed by atoms with van der Waals surface area (Å²) in [5.74, 6) is 2.62. The Bertz CT molecular complexity index is 607. The van der Waals surface area contributed by atoms with Crippen LogP contribution in [0.3, 0.4) is 0 Å². The molecule has 2 saturated heterocycles. The summed E-state index contributed by atoms with van der Waals surface area (Å²) in [4.78, 5) is 12.0. The second-order valence-electron chi connectivity index (χ2n) is 8.39. The average molecular weight is 402 g/mol. The van der Waals surface area contributed by atoms with Crippen molar-refractivity contribution in [2.24, 2.45) is 10.9 Å². The number of benzene rings is 1. The number of guanidine groups is 1. The first-order valence-electron chi connectivity index (χ1n) is 11.3. The number of aliphatic imine (C=N–C) groups is 1. The first-order valence-corrected chi connectivity index (χ1v) is 11.3. The zero-order valence-electron chi connectivity index (χ0n) is 18.5. The Kier molecular flexibility index (Phi) is 8.62. The maximum atomic E-state index is 6.12. The highest BCUT2D eigenvalue weighted by Crippen LogP contribution is 2.18. The maximum absolute atomic E-state index is 6.12. The van der Waals surface area contributed by atoms with Gasteiger partial charge in [-0.1, -0.05) is 32.0 Å². The summed E-state index contributed by atoms with van der Waals surface area (Å²) in [6.07, 6.45) is 2.37. The highest BCUT2D eigenvalue weighted by molar-refractivity contribution is 5.79. The van der Waals surface area contributed by atoms with E-state index in [1.54, 1.807) is 0 Å². The molecule has 1 aromatic carbocycles. The largest absolute Gasteiger partial charge is 0.490 e. The summed E-state index contributed by atoms with van der Waals surface area (Å²) < 4.78 is 6.12. The van der Waals surface area contributed by atoms with Crippen molar-refractivity contribution in [3.05, 3.63) is 30.3 Å². The van der Waals surface area contributed by atoms with Crippen LogP contribution in [0, 0.1) is 5.92 Å². The molecule has 0 bridgehead atoms. The van der Waals surface area contributed by atoms with Gasteiger partial charge < -0.3 is 24.8 Å². The predicted octanol–water partition coefficient (Wildman–Crippen LogP) is 2.38. The molecule has 0 saturated carbocycles. The molecule has 0 aromatic heterocycles. The zero-order chi connectivity index (χ0) is 20.5. The molecule has 2 aliphatic heterocycles. The van der Waals surface area contributed by atoms with E-state index in [-0.39, 0.29) is 0 Å². The van der Waals surface area contributed by atoms with Crippen molar-refractivity contribution in [3.63, 3.8) is 0 Å². The number of para-hydroxylation sites is 1. The minimum Gasteiger partial charge on any atom is -0.490 e. The lowest BCUT2D eigenvalue weighted by Crippen LogP contribution is -2.50. The molecule has 0 radical (unpaired) electrons. The van der Waals surface area contributed by atoms with Crippen LogP contribution in [0.2, 0.25) is 0 Å². The highest BCUT2D eigenvalue weighted by Gasteiger charge is 2.23. The van der Waals surface area contributed by atoms with E-state index < -0.39 is 0 Å². The molecule has 1 unspecified atom stereocenters. The number of likely N-dealkylation sites (tertiary alicyclic amines) is 1. The first kappa shape index (κ1) is 21.9. The molecular weight excluding hydrogens is 362 g/mol. The van der Waals surface area contributed by atoms with Gasteiger partial charge in [0.15, 0.2) is 5.96 Å². The van der Waals surface area contributed by atoms with E-state index in [0.29, 0.717) is 12.0 Å². The Morgan fingerprint density at radius 1 is 1.07 bits per heavy atom. The molecule has 0 spiro atoms. The lowest BCUT2D eigenvalue weighted by molar-refractivity contribution is 0.123. The fraction of sp³-hybridized carbons (Fsp3) is 0.696. The van der Waals surface area contributed by atoms with Gasteiger partial charge in [0.1, 0.15) is 11.9 Å². The van der Waals surface area contributed by atoms with Gasteiger partial charge >= 0.3 is 0 Å². The standard InChI is InChI=1S/C23H39N5O/c1-4-26-14-16-27(17-15-26)19-20(2)18-25-23(24-3)28-12-10-22(11-13-28)29-21-8-6-5-7-9-21/h5-9,20,22H,4,10-19H2,1-3H3,(H,24,25). The Morgan fingerprint density at radius 2 is 1.72 bits per heavy atom. The van der Waals surface area contributed by atoms with Gasteiger partial charge in [-0.3, -0.25) is 4.99 Å². The summed E-state index contributed by atoms with van der Waals surface area (Å²) in [6.45, 7) is 14.7. The van der Waals surface area contributed by atoms with Crippen LogP contribution in [0.15, 0.2) is 35.3 Å². The number of likely N-dealkylation sites (N-methyl/N-ethyl adjacent to an activating group) is 1. The molecule has 6 heteroatoms. The van der Waals surface area contributed by atoms with E-state index in [2.05, 4.69) is 38.9 Å².